The molecule has 0 saturated carbocycles. The number of fused-ring (bicyclic) bond motifs is 1. The van der Waals surface area contributed by atoms with Crippen molar-refractivity contribution in [2.75, 3.05) is 11.1 Å². The molecule has 0 spiro atoms. The number of H-pyrrole nitrogens is 2. The van der Waals surface area contributed by atoms with Crippen molar-refractivity contribution < 1.29 is 4.79 Å². The van der Waals surface area contributed by atoms with E-state index in [9.17, 15) is 14.4 Å². The normalized spacial score (nSPS) is 10.9. The van der Waals surface area contributed by atoms with Gasteiger partial charge in [-0.2, -0.15) is 0 Å². The smallest absolute Gasteiger partial charge is 0.320 e. The predicted octanol–water partition coefficient (Wildman–Crippen LogP) is 2.52. The van der Waals surface area contributed by atoms with E-state index < -0.39 is 11.2 Å². The second-order valence-corrected chi connectivity index (χ2v) is 7.22. The van der Waals surface area contributed by atoms with Gasteiger partial charge in [-0.05, 0) is 55.2 Å². The minimum absolute atomic E-state index is 0.00786. The quantitative estimate of drug-likeness (QED) is 0.586. The van der Waals surface area contributed by atoms with Gasteiger partial charge in [0.15, 0.2) is 0 Å². The molecule has 0 aliphatic heterocycles. The molecule has 27 heavy (non-hydrogen) atoms. The van der Waals surface area contributed by atoms with Crippen molar-refractivity contribution in [3.63, 3.8) is 0 Å². The van der Waals surface area contributed by atoms with E-state index in [2.05, 4.69) is 34.3 Å². The van der Waals surface area contributed by atoms with Gasteiger partial charge in [-0.25, -0.2) is 9.78 Å². The Morgan fingerprint density at radius 3 is 2.63 bits per heavy atom. The second-order valence-electron chi connectivity index (χ2n) is 6.26. The van der Waals surface area contributed by atoms with Crippen LogP contribution in [0.5, 0.6) is 0 Å². The minimum Gasteiger partial charge on any atom is -0.320 e. The number of hydrogen-bond acceptors (Lipinski definition) is 5. The summed E-state index contributed by atoms with van der Waals surface area (Å²) in [5.41, 5.74) is 3.11. The molecule has 3 aromatic rings. The molecule has 1 amide bonds. The highest BCUT2D eigenvalue weighted by Gasteiger charge is 2.12. The van der Waals surface area contributed by atoms with Gasteiger partial charge in [-0.3, -0.25) is 14.6 Å². The fraction of sp³-hybridized carbons (Fsp3) is 0.263. The summed E-state index contributed by atoms with van der Waals surface area (Å²) >= 11 is 1.33. The summed E-state index contributed by atoms with van der Waals surface area (Å²) in [7, 11) is 0. The summed E-state index contributed by atoms with van der Waals surface area (Å²) in [6.07, 6.45) is 1.99. The lowest BCUT2D eigenvalue weighted by molar-refractivity contribution is -0.113. The first-order valence-corrected chi connectivity index (χ1v) is 9.51. The van der Waals surface area contributed by atoms with E-state index in [-0.39, 0.29) is 17.3 Å². The molecule has 7 nitrogen and oxygen atoms in total. The third kappa shape index (κ3) is 4.28. The molecule has 2 aromatic heterocycles. The fourth-order valence-corrected chi connectivity index (χ4v) is 3.56. The van der Waals surface area contributed by atoms with Crippen LogP contribution in [0.25, 0.3) is 10.9 Å². The molecule has 140 valence electrons. The number of carbonyl (C=O) groups is 1. The monoisotopic (exact) mass is 384 g/mol. The number of aromatic nitrogens is 3. The molecule has 0 unspecified atom stereocenters. The third-order valence-electron chi connectivity index (χ3n) is 4.28. The molecule has 0 radical (unpaired) electrons. The lowest BCUT2D eigenvalue weighted by Gasteiger charge is -2.11. The fourth-order valence-electron chi connectivity index (χ4n) is 2.67. The zero-order chi connectivity index (χ0) is 19.6. The Morgan fingerprint density at radius 1 is 1.19 bits per heavy atom. The van der Waals surface area contributed by atoms with E-state index in [1.807, 2.05) is 19.9 Å². The Morgan fingerprint density at radius 2 is 1.93 bits per heavy atom. The number of aromatic amines is 2. The maximum absolute atomic E-state index is 12.2. The molecule has 1 aromatic carbocycles. The van der Waals surface area contributed by atoms with E-state index >= 15 is 0 Å². The maximum Gasteiger partial charge on any atom is 0.325 e. The molecule has 0 aliphatic rings. The number of amides is 1. The van der Waals surface area contributed by atoms with Crippen LogP contribution in [0.3, 0.4) is 0 Å². The van der Waals surface area contributed by atoms with Crippen molar-refractivity contribution in [3.05, 3.63) is 61.9 Å². The number of rotatable bonds is 5. The standard InChI is InChI=1S/C19H20N4O3S/c1-4-12-7-13-5-10(2)11(3)6-14(13)22-18(12)27-9-16(24)21-15-8-20-19(26)23-17(15)25/h5-8H,4,9H2,1-3H3,(H,21,24)(H2,20,23,25,26). The second kappa shape index (κ2) is 7.79. The Kier molecular flexibility index (Phi) is 5.46. The SMILES string of the molecule is CCc1cc2cc(C)c(C)cc2nc1SCC(=O)Nc1c[nH]c(=O)[nH]c1=O. The minimum atomic E-state index is -0.638. The van der Waals surface area contributed by atoms with E-state index in [0.29, 0.717) is 0 Å². The molecule has 3 rings (SSSR count). The first kappa shape index (κ1) is 18.9. The van der Waals surface area contributed by atoms with Gasteiger partial charge in [0.05, 0.1) is 11.3 Å². The van der Waals surface area contributed by atoms with Crippen LogP contribution in [0.15, 0.2) is 39.0 Å². The van der Waals surface area contributed by atoms with Crippen LogP contribution in [0, 0.1) is 13.8 Å². The number of anilines is 1. The van der Waals surface area contributed by atoms with Crippen LogP contribution >= 0.6 is 11.8 Å². The van der Waals surface area contributed by atoms with Gasteiger partial charge in [0.2, 0.25) is 5.91 Å². The molecule has 0 atom stereocenters. The molecule has 8 heteroatoms. The zero-order valence-electron chi connectivity index (χ0n) is 15.3. The number of nitrogens with zero attached hydrogens (tertiary/aromatic N) is 1. The van der Waals surface area contributed by atoms with Crippen molar-refractivity contribution in [2.45, 2.75) is 32.2 Å². The topological polar surface area (TPSA) is 108 Å². The van der Waals surface area contributed by atoms with Crippen LogP contribution in [-0.4, -0.2) is 26.6 Å². The molecule has 0 aliphatic carbocycles. The van der Waals surface area contributed by atoms with Crippen molar-refractivity contribution in [3.8, 4) is 0 Å². The van der Waals surface area contributed by atoms with Crippen LogP contribution in [0.1, 0.15) is 23.6 Å². The number of thioether (sulfide) groups is 1. The summed E-state index contributed by atoms with van der Waals surface area (Å²) in [5.74, 6) is -0.240. The number of hydrogen-bond donors (Lipinski definition) is 3. The van der Waals surface area contributed by atoms with Gasteiger partial charge in [-0.1, -0.05) is 18.7 Å². The van der Waals surface area contributed by atoms with Gasteiger partial charge < -0.3 is 10.3 Å². The highest BCUT2D eigenvalue weighted by atomic mass is 32.2. The Labute approximate surface area is 159 Å². The molecule has 0 fully saturated rings. The summed E-state index contributed by atoms with van der Waals surface area (Å²) in [6, 6.07) is 6.29. The molecule has 0 bridgehead atoms. The van der Waals surface area contributed by atoms with Crippen LogP contribution < -0.4 is 16.6 Å². The van der Waals surface area contributed by atoms with E-state index in [4.69, 9.17) is 4.98 Å². The number of nitrogens with one attached hydrogen (secondary N) is 3. The summed E-state index contributed by atoms with van der Waals surface area (Å²) < 4.78 is 0. The first-order chi connectivity index (χ1) is 12.9. The third-order valence-corrected chi connectivity index (χ3v) is 5.32. The van der Waals surface area contributed by atoms with E-state index in [0.717, 1.165) is 27.9 Å². The van der Waals surface area contributed by atoms with Crippen molar-refractivity contribution >= 4 is 34.3 Å². The molecular formula is C19H20N4O3S. The highest BCUT2D eigenvalue weighted by molar-refractivity contribution is 8.00. The maximum atomic E-state index is 12.2. The number of pyridine rings is 1. The molecule has 2 heterocycles. The first-order valence-electron chi connectivity index (χ1n) is 8.53. The number of aryl methyl sites for hydroxylation is 3. The van der Waals surface area contributed by atoms with Gasteiger partial charge in [0, 0.05) is 11.6 Å². The van der Waals surface area contributed by atoms with Crippen molar-refractivity contribution in [1.29, 1.82) is 0 Å². The largest absolute Gasteiger partial charge is 0.325 e. The Bertz CT molecular complexity index is 1130. The Hall–Kier alpha value is -2.87. The molecular weight excluding hydrogens is 364 g/mol. The predicted molar refractivity (Wildman–Crippen MR) is 108 cm³/mol. The van der Waals surface area contributed by atoms with Gasteiger partial charge in [0.25, 0.3) is 5.56 Å². The summed E-state index contributed by atoms with van der Waals surface area (Å²) in [5, 5.41) is 4.39. The van der Waals surface area contributed by atoms with E-state index in [1.165, 1.54) is 29.1 Å². The zero-order valence-corrected chi connectivity index (χ0v) is 16.1. The highest BCUT2D eigenvalue weighted by Crippen LogP contribution is 2.27. The van der Waals surface area contributed by atoms with Crippen molar-refractivity contribution in [2.24, 2.45) is 0 Å². The summed E-state index contributed by atoms with van der Waals surface area (Å²) in [6.45, 7) is 6.17. The lowest BCUT2D eigenvalue weighted by Crippen LogP contribution is -2.27. The van der Waals surface area contributed by atoms with Gasteiger partial charge in [-0.15, -0.1) is 0 Å². The van der Waals surface area contributed by atoms with Gasteiger partial charge >= 0.3 is 5.69 Å². The average Bonchev–Trinajstić information content (AvgIpc) is 2.63. The van der Waals surface area contributed by atoms with Crippen LogP contribution in [0.4, 0.5) is 5.69 Å². The Balaban J connectivity index is 1.79. The lowest BCUT2D eigenvalue weighted by atomic mass is 10.0. The van der Waals surface area contributed by atoms with Crippen LogP contribution in [-0.2, 0) is 11.2 Å². The molecule has 0 saturated heterocycles. The van der Waals surface area contributed by atoms with Crippen LogP contribution in [0.2, 0.25) is 0 Å². The number of benzene rings is 1. The molecule has 3 N–H and O–H groups in total. The van der Waals surface area contributed by atoms with Crippen molar-refractivity contribution in [1.82, 2.24) is 15.0 Å². The van der Waals surface area contributed by atoms with E-state index in [1.54, 1.807) is 0 Å². The number of carbonyl (C=O) groups excluding carboxylic acids is 1. The average molecular weight is 384 g/mol. The summed E-state index contributed by atoms with van der Waals surface area (Å²) in [4.78, 5) is 44.0. The van der Waals surface area contributed by atoms with Gasteiger partial charge in [0.1, 0.15) is 10.7 Å².